The van der Waals surface area contributed by atoms with Crippen LogP contribution in [-0.4, -0.2) is 20.9 Å². The Morgan fingerprint density at radius 2 is 1.88 bits per heavy atom. The predicted molar refractivity (Wildman–Crippen MR) is 104 cm³/mol. The fraction of sp³-hybridized carbons (Fsp3) is 0.222. The molecule has 7 heteroatoms. The van der Waals surface area contributed by atoms with E-state index in [-0.39, 0.29) is 22.0 Å². The summed E-state index contributed by atoms with van der Waals surface area (Å²) in [6, 6.07) is 8.58. The van der Waals surface area contributed by atoms with Crippen LogP contribution in [0.1, 0.15) is 13.8 Å². The molecule has 0 saturated carbocycles. The van der Waals surface area contributed by atoms with Crippen molar-refractivity contribution in [3.8, 4) is 0 Å². The second kappa shape index (κ2) is 6.90. The summed E-state index contributed by atoms with van der Waals surface area (Å²) < 4.78 is 1.55. The third-order valence-electron chi connectivity index (χ3n) is 3.75. The Balaban J connectivity index is 2.48. The molecule has 0 unspecified atom stereocenters. The number of pyridine rings is 1. The van der Waals surface area contributed by atoms with Gasteiger partial charge < -0.3 is 9.67 Å². The lowest BCUT2D eigenvalue weighted by molar-refractivity contribution is -0.137. The molecule has 0 saturated heterocycles. The van der Waals surface area contributed by atoms with Gasteiger partial charge in [0.1, 0.15) is 6.54 Å². The highest BCUT2D eigenvalue weighted by molar-refractivity contribution is 7.99. The lowest BCUT2D eigenvalue weighted by Crippen LogP contribution is -2.16. The molecule has 0 spiro atoms. The maximum atomic E-state index is 12.9. The van der Waals surface area contributed by atoms with Crippen LogP contribution in [0.5, 0.6) is 0 Å². The quantitative estimate of drug-likeness (QED) is 0.496. The molecule has 0 amide bonds. The first-order valence-electron chi connectivity index (χ1n) is 7.62. The van der Waals surface area contributed by atoms with E-state index in [2.05, 4.69) is 13.8 Å². The first-order chi connectivity index (χ1) is 11.8. The number of carboxylic acids is 1. The third kappa shape index (κ3) is 3.36. The van der Waals surface area contributed by atoms with Crippen molar-refractivity contribution in [3.05, 3.63) is 50.6 Å². The van der Waals surface area contributed by atoms with E-state index in [0.29, 0.717) is 27.1 Å². The number of carbonyl (C=O) groups is 1. The van der Waals surface area contributed by atoms with Gasteiger partial charge in [-0.3, -0.25) is 9.59 Å². The monoisotopic (exact) mass is 395 g/mol. The van der Waals surface area contributed by atoms with Crippen LogP contribution < -0.4 is 5.43 Å². The van der Waals surface area contributed by atoms with Gasteiger partial charge in [0.15, 0.2) is 5.43 Å². The Labute approximate surface area is 158 Å². The first kappa shape index (κ1) is 18.1. The standard InChI is InChI=1S/C18H15Cl2NO3S/c1-9(2)25-10-3-4-11-14(7-10)21(8-15(22)23)17-12(18(11)24)5-6-13(19)16(17)20/h3-7,9H,8H2,1-2H3,(H,22,23). The number of benzene rings is 2. The molecule has 1 N–H and O–H groups in total. The summed E-state index contributed by atoms with van der Waals surface area (Å²) in [5, 5.41) is 11.0. The van der Waals surface area contributed by atoms with Gasteiger partial charge in [-0.25, -0.2) is 0 Å². The fourth-order valence-electron chi connectivity index (χ4n) is 2.82. The Hall–Kier alpha value is -1.69. The minimum Gasteiger partial charge on any atom is -0.480 e. The SMILES string of the molecule is CC(C)Sc1ccc2c(=O)c3ccc(Cl)c(Cl)c3n(CC(=O)O)c2c1. The molecule has 25 heavy (non-hydrogen) atoms. The topological polar surface area (TPSA) is 59.3 Å². The Morgan fingerprint density at radius 3 is 2.52 bits per heavy atom. The smallest absolute Gasteiger partial charge is 0.323 e. The molecule has 0 fully saturated rings. The number of hydrogen-bond acceptors (Lipinski definition) is 3. The number of fused-ring (bicyclic) bond motifs is 2. The number of aliphatic carboxylic acids is 1. The minimum atomic E-state index is -1.02. The zero-order valence-corrected chi connectivity index (χ0v) is 15.9. The van der Waals surface area contributed by atoms with Crippen LogP contribution >= 0.6 is 35.0 Å². The van der Waals surface area contributed by atoms with E-state index < -0.39 is 5.97 Å². The van der Waals surface area contributed by atoms with Crippen molar-refractivity contribution in [2.24, 2.45) is 0 Å². The molecular weight excluding hydrogens is 381 g/mol. The number of thioether (sulfide) groups is 1. The van der Waals surface area contributed by atoms with Gasteiger partial charge in [0.05, 0.1) is 21.1 Å². The molecule has 0 bridgehead atoms. The van der Waals surface area contributed by atoms with E-state index in [1.165, 1.54) is 0 Å². The van der Waals surface area contributed by atoms with Gasteiger partial charge in [0.25, 0.3) is 0 Å². The van der Waals surface area contributed by atoms with Gasteiger partial charge in [-0.2, -0.15) is 0 Å². The van der Waals surface area contributed by atoms with Crippen LogP contribution in [-0.2, 0) is 11.3 Å². The second-order valence-corrected chi connectivity index (χ2v) is 8.35. The van der Waals surface area contributed by atoms with E-state index >= 15 is 0 Å². The second-order valence-electron chi connectivity index (χ2n) is 5.91. The highest BCUT2D eigenvalue weighted by atomic mass is 35.5. The van der Waals surface area contributed by atoms with Crippen molar-refractivity contribution in [1.29, 1.82) is 0 Å². The normalized spacial score (nSPS) is 11.6. The molecule has 2 aromatic carbocycles. The number of halogens is 2. The van der Waals surface area contributed by atoms with E-state index in [0.717, 1.165) is 4.90 Å². The van der Waals surface area contributed by atoms with Crippen LogP contribution in [0.3, 0.4) is 0 Å². The average Bonchev–Trinajstić information content (AvgIpc) is 2.53. The van der Waals surface area contributed by atoms with Crippen LogP contribution in [0.25, 0.3) is 21.8 Å². The number of nitrogens with zero attached hydrogens (tertiary/aromatic N) is 1. The molecule has 0 aliphatic rings. The lowest BCUT2D eigenvalue weighted by Gasteiger charge is -2.16. The van der Waals surface area contributed by atoms with Crippen LogP contribution in [0, 0.1) is 0 Å². The molecule has 130 valence electrons. The van der Waals surface area contributed by atoms with Gasteiger partial charge in [0.2, 0.25) is 0 Å². The van der Waals surface area contributed by atoms with Crippen molar-refractivity contribution >= 4 is 62.7 Å². The summed E-state index contributed by atoms with van der Waals surface area (Å²) in [6.07, 6.45) is 0. The highest BCUT2D eigenvalue weighted by Crippen LogP contribution is 2.33. The van der Waals surface area contributed by atoms with Crippen molar-refractivity contribution in [1.82, 2.24) is 4.57 Å². The van der Waals surface area contributed by atoms with Crippen molar-refractivity contribution < 1.29 is 9.90 Å². The largest absolute Gasteiger partial charge is 0.480 e. The summed E-state index contributed by atoms with van der Waals surface area (Å²) in [5.41, 5.74) is 0.696. The maximum absolute atomic E-state index is 12.9. The summed E-state index contributed by atoms with van der Waals surface area (Å²) >= 11 is 14.1. The maximum Gasteiger partial charge on any atom is 0.323 e. The third-order valence-corrected chi connectivity index (χ3v) is 5.55. The van der Waals surface area contributed by atoms with Gasteiger partial charge in [-0.05, 0) is 30.3 Å². The van der Waals surface area contributed by atoms with Gasteiger partial charge >= 0.3 is 5.97 Å². The lowest BCUT2D eigenvalue weighted by atomic mass is 10.1. The molecule has 3 aromatic rings. The van der Waals surface area contributed by atoms with Gasteiger partial charge in [-0.1, -0.05) is 37.0 Å². The summed E-state index contributed by atoms with van der Waals surface area (Å²) in [5.74, 6) is -1.02. The van der Waals surface area contributed by atoms with Crippen LogP contribution in [0.2, 0.25) is 10.0 Å². The van der Waals surface area contributed by atoms with E-state index in [1.807, 2.05) is 12.1 Å². The average molecular weight is 396 g/mol. The summed E-state index contributed by atoms with van der Waals surface area (Å²) in [6.45, 7) is 3.82. The van der Waals surface area contributed by atoms with Crippen LogP contribution in [0.4, 0.5) is 0 Å². The number of rotatable bonds is 4. The van der Waals surface area contributed by atoms with Gasteiger partial charge in [0, 0.05) is 20.9 Å². The summed E-state index contributed by atoms with van der Waals surface area (Å²) in [7, 11) is 0. The van der Waals surface area contributed by atoms with Crippen molar-refractivity contribution in [2.45, 2.75) is 30.5 Å². The number of hydrogen-bond donors (Lipinski definition) is 1. The van der Waals surface area contributed by atoms with Crippen LogP contribution in [0.15, 0.2) is 40.0 Å². The van der Waals surface area contributed by atoms with E-state index in [1.54, 1.807) is 34.5 Å². The van der Waals surface area contributed by atoms with E-state index in [4.69, 9.17) is 23.2 Å². The molecule has 1 aromatic heterocycles. The molecule has 1 heterocycles. The Morgan fingerprint density at radius 1 is 1.20 bits per heavy atom. The fourth-order valence-corrected chi connectivity index (χ4v) is 4.11. The molecular formula is C18H15Cl2NO3S. The molecule has 0 atom stereocenters. The molecule has 0 aliphatic heterocycles. The van der Waals surface area contributed by atoms with Gasteiger partial charge in [-0.15, -0.1) is 11.8 Å². The Bertz CT molecular complexity index is 1060. The zero-order valence-electron chi connectivity index (χ0n) is 13.5. The zero-order chi connectivity index (χ0) is 18.3. The molecule has 3 rings (SSSR count). The van der Waals surface area contributed by atoms with Crippen molar-refractivity contribution in [2.75, 3.05) is 0 Å². The molecule has 0 aliphatic carbocycles. The first-order valence-corrected chi connectivity index (χ1v) is 9.26. The van der Waals surface area contributed by atoms with Crippen molar-refractivity contribution in [3.63, 3.8) is 0 Å². The molecule has 0 radical (unpaired) electrons. The molecule has 4 nitrogen and oxygen atoms in total. The summed E-state index contributed by atoms with van der Waals surface area (Å²) in [4.78, 5) is 25.2. The Kier molecular flexibility index (Phi) is 5.00. The number of aromatic nitrogens is 1. The number of carboxylic acid groups (broad SMARTS) is 1. The van der Waals surface area contributed by atoms with E-state index in [9.17, 15) is 14.7 Å². The predicted octanol–water partition coefficient (Wildman–Crippen LogP) is 5.05. The minimum absolute atomic E-state index is 0.182. The highest BCUT2D eigenvalue weighted by Gasteiger charge is 2.17.